The largest absolute Gasteiger partial charge is 0.462 e. The van der Waals surface area contributed by atoms with Gasteiger partial charge in [-0.1, -0.05) is 106 Å². The second kappa shape index (κ2) is 13.5. The minimum atomic E-state index is -1.85. The Labute approximate surface area is 275 Å². The third kappa shape index (κ3) is 5.98. The highest BCUT2D eigenvalue weighted by Gasteiger charge is 2.60. The van der Waals surface area contributed by atoms with Crippen LogP contribution in [0.4, 0.5) is 0 Å². The van der Waals surface area contributed by atoms with E-state index in [1.54, 1.807) is 24.3 Å². The van der Waals surface area contributed by atoms with Crippen LogP contribution in [-0.2, 0) is 19.9 Å². The number of aliphatic hydroxyl groups is 1. The van der Waals surface area contributed by atoms with Gasteiger partial charge in [-0.2, -0.15) is 5.10 Å². The number of nitrogens with one attached hydrogen (secondary N) is 1. The monoisotopic (exact) mass is 624 g/mol. The summed E-state index contributed by atoms with van der Waals surface area (Å²) in [7, 11) is 0. The predicted molar refractivity (Wildman–Crippen MR) is 182 cm³/mol. The molecule has 0 saturated heterocycles. The summed E-state index contributed by atoms with van der Waals surface area (Å²) in [6.07, 6.45) is 15.7. The van der Waals surface area contributed by atoms with Crippen LogP contribution in [0.25, 0.3) is 0 Å². The lowest BCUT2D eigenvalue weighted by Gasteiger charge is -2.58. The van der Waals surface area contributed by atoms with E-state index in [4.69, 9.17) is 4.74 Å². The van der Waals surface area contributed by atoms with Gasteiger partial charge in [-0.3, -0.25) is 9.59 Å². The predicted octanol–water partition coefficient (Wildman–Crippen LogP) is 8.24. The molecule has 1 amide bonds. The van der Waals surface area contributed by atoms with Crippen LogP contribution in [0.5, 0.6) is 0 Å². The third-order valence-corrected chi connectivity index (χ3v) is 12.4. The first-order valence-corrected chi connectivity index (χ1v) is 17.8. The number of fused-ring (bicyclic) bond motifs is 5. The number of hydrogen-bond donors (Lipinski definition) is 2. The number of unbranched alkanes of at least 4 members (excludes halogenated alkanes) is 3. The SMILES string of the molecule is CCCCCCC(=O)O[C@H]1CC[C@H]2[C@@H]3CCC4=CC(=NNC(=O)C(O)(c5ccccc5)c5ccccc5)CC[C@]4(C)[C@H]3CC[C@]12C. The molecule has 0 aromatic heterocycles. The maximum atomic E-state index is 13.6. The topological polar surface area (TPSA) is 88.0 Å². The Morgan fingerprint density at radius 1 is 0.891 bits per heavy atom. The molecule has 2 N–H and O–H groups in total. The zero-order chi connectivity index (χ0) is 32.4. The molecule has 0 spiro atoms. The van der Waals surface area contributed by atoms with E-state index in [2.05, 4.69) is 37.4 Å². The van der Waals surface area contributed by atoms with Crippen molar-refractivity contribution in [3.8, 4) is 0 Å². The number of hydrogen-bond acceptors (Lipinski definition) is 5. The maximum Gasteiger partial charge on any atom is 0.306 e. The van der Waals surface area contributed by atoms with Crippen LogP contribution in [-0.4, -0.2) is 28.8 Å². The fourth-order valence-electron chi connectivity index (χ4n) is 9.71. The van der Waals surface area contributed by atoms with Crippen molar-refractivity contribution in [2.24, 2.45) is 33.7 Å². The van der Waals surface area contributed by atoms with E-state index in [9.17, 15) is 14.7 Å². The van der Waals surface area contributed by atoms with Crippen LogP contribution in [0, 0.1) is 28.6 Å². The highest BCUT2D eigenvalue weighted by molar-refractivity contribution is 5.98. The fourth-order valence-corrected chi connectivity index (χ4v) is 9.71. The lowest BCUT2D eigenvalue weighted by Crippen LogP contribution is -2.51. The molecule has 6 heteroatoms. The van der Waals surface area contributed by atoms with Gasteiger partial charge in [0.2, 0.25) is 0 Å². The average molecular weight is 625 g/mol. The molecule has 3 saturated carbocycles. The van der Waals surface area contributed by atoms with Gasteiger partial charge < -0.3 is 9.84 Å². The Morgan fingerprint density at radius 3 is 2.26 bits per heavy atom. The maximum absolute atomic E-state index is 13.6. The lowest BCUT2D eigenvalue weighted by molar-refractivity contribution is -0.160. The summed E-state index contributed by atoms with van der Waals surface area (Å²) >= 11 is 0. The summed E-state index contributed by atoms with van der Waals surface area (Å²) in [6, 6.07) is 18.1. The molecule has 0 heterocycles. The number of amides is 1. The molecular weight excluding hydrogens is 572 g/mol. The van der Waals surface area contributed by atoms with E-state index in [0.717, 1.165) is 63.5 Å². The number of ether oxygens (including phenoxy) is 1. The highest BCUT2D eigenvalue weighted by Crippen LogP contribution is 2.65. The van der Waals surface area contributed by atoms with Crippen molar-refractivity contribution in [2.45, 2.75) is 116 Å². The molecule has 2 aromatic rings. The summed E-state index contributed by atoms with van der Waals surface area (Å²) in [6.45, 7) is 7.06. The van der Waals surface area contributed by atoms with Crippen molar-refractivity contribution < 1.29 is 19.4 Å². The van der Waals surface area contributed by atoms with Crippen LogP contribution in [0.2, 0.25) is 0 Å². The number of carbonyl (C=O) groups is 2. The molecule has 6 rings (SSSR count). The Kier molecular flexibility index (Phi) is 9.57. The van der Waals surface area contributed by atoms with E-state index >= 15 is 0 Å². The molecule has 6 nitrogen and oxygen atoms in total. The minimum absolute atomic E-state index is 0.00286. The van der Waals surface area contributed by atoms with E-state index in [1.807, 2.05) is 36.4 Å². The quantitative estimate of drug-likeness (QED) is 0.158. The molecule has 0 radical (unpaired) electrons. The van der Waals surface area contributed by atoms with Gasteiger partial charge >= 0.3 is 5.97 Å². The molecule has 246 valence electrons. The van der Waals surface area contributed by atoms with E-state index in [-0.39, 0.29) is 22.9 Å². The molecule has 46 heavy (non-hydrogen) atoms. The number of allylic oxidation sites excluding steroid dienone is 2. The Morgan fingerprint density at radius 2 is 1.59 bits per heavy atom. The zero-order valence-electron chi connectivity index (χ0n) is 28.0. The molecule has 2 aromatic carbocycles. The first-order chi connectivity index (χ1) is 22.2. The normalized spacial score (nSPS) is 31.3. The second-order valence-electron chi connectivity index (χ2n) is 14.9. The number of nitrogens with zero attached hydrogens (tertiary/aromatic N) is 1. The van der Waals surface area contributed by atoms with Gasteiger partial charge in [0.05, 0.1) is 5.71 Å². The Hall–Kier alpha value is -3.25. The third-order valence-electron chi connectivity index (χ3n) is 12.4. The van der Waals surface area contributed by atoms with Gasteiger partial charge in [0, 0.05) is 11.8 Å². The fraction of sp³-hybridized carbons (Fsp3) is 0.575. The summed E-state index contributed by atoms with van der Waals surface area (Å²) in [5.41, 5.74) is 4.43. The Bertz CT molecular complexity index is 1410. The second-order valence-corrected chi connectivity index (χ2v) is 14.9. The number of benzene rings is 2. The van der Waals surface area contributed by atoms with Crippen molar-refractivity contribution >= 4 is 17.6 Å². The van der Waals surface area contributed by atoms with Crippen molar-refractivity contribution in [2.75, 3.05) is 0 Å². The Balaban J connectivity index is 1.14. The lowest BCUT2D eigenvalue weighted by atomic mass is 9.47. The average Bonchev–Trinajstić information content (AvgIpc) is 3.41. The number of carbonyl (C=O) groups excluding carboxylic acids is 2. The summed E-state index contributed by atoms with van der Waals surface area (Å²) in [5, 5.41) is 16.4. The van der Waals surface area contributed by atoms with Crippen molar-refractivity contribution in [3.63, 3.8) is 0 Å². The molecule has 0 unspecified atom stereocenters. The van der Waals surface area contributed by atoms with Crippen LogP contribution < -0.4 is 5.43 Å². The van der Waals surface area contributed by atoms with Crippen LogP contribution >= 0.6 is 0 Å². The van der Waals surface area contributed by atoms with Gasteiger partial charge in [0.15, 0.2) is 5.60 Å². The number of rotatable bonds is 10. The van der Waals surface area contributed by atoms with E-state index in [0.29, 0.717) is 35.3 Å². The van der Waals surface area contributed by atoms with Crippen LogP contribution in [0.3, 0.4) is 0 Å². The van der Waals surface area contributed by atoms with Crippen LogP contribution in [0.15, 0.2) is 77.4 Å². The standard InChI is InChI=1S/C40H52N2O4/c1-4-5-6-13-18-36(43)46-35-22-21-33-32-20-19-30-27-31(23-25-38(30,2)34(32)24-26-39(33,35)3)41-42-37(44)40(45,28-14-9-7-10-15-28)29-16-11-8-12-17-29/h7-12,14-17,27,32-35,45H,4-6,13,18-26H2,1-3H3,(H,42,44)/t32-,33-,34-,35-,38-,39-/m0/s1. The molecule has 0 aliphatic heterocycles. The van der Waals surface area contributed by atoms with Gasteiger partial charge in [-0.15, -0.1) is 0 Å². The number of hydrazone groups is 1. The zero-order valence-corrected chi connectivity index (χ0v) is 28.0. The molecule has 3 fully saturated rings. The van der Waals surface area contributed by atoms with E-state index < -0.39 is 11.5 Å². The first-order valence-electron chi connectivity index (χ1n) is 17.8. The molecule has 4 aliphatic carbocycles. The molecule has 4 aliphatic rings. The molecule has 6 atom stereocenters. The summed E-state index contributed by atoms with van der Waals surface area (Å²) < 4.78 is 6.20. The number of esters is 1. The minimum Gasteiger partial charge on any atom is -0.462 e. The molecular formula is C40H52N2O4. The smallest absolute Gasteiger partial charge is 0.306 e. The summed E-state index contributed by atoms with van der Waals surface area (Å²) in [5.74, 6) is 1.32. The van der Waals surface area contributed by atoms with Gasteiger partial charge in [0.1, 0.15) is 6.10 Å². The highest BCUT2D eigenvalue weighted by atomic mass is 16.5. The van der Waals surface area contributed by atoms with Crippen LogP contribution in [0.1, 0.15) is 115 Å². The molecule has 0 bridgehead atoms. The van der Waals surface area contributed by atoms with Gasteiger partial charge in [-0.25, -0.2) is 5.43 Å². The van der Waals surface area contributed by atoms with Gasteiger partial charge in [-0.05, 0) is 98.2 Å². The van der Waals surface area contributed by atoms with Crippen molar-refractivity contribution in [1.82, 2.24) is 5.43 Å². The van der Waals surface area contributed by atoms with Crippen molar-refractivity contribution in [3.05, 3.63) is 83.4 Å². The summed E-state index contributed by atoms with van der Waals surface area (Å²) in [4.78, 5) is 26.4. The first kappa shape index (κ1) is 32.7. The van der Waals surface area contributed by atoms with Gasteiger partial charge in [0.25, 0.3) is 5.91 Å². The van der Waals surface area contributed by atoms with Crippen molar-refractivity contribution in [1.29, 1.82) is 0 Å². The van der Waals surface area contributed by atoms with E-state index in [1.165, 1.54) is 24.8 Å².